The van der Waals surface area contributed by atoms with E-state index in [2.05, 4.69) is 37.5 Å². The fourth-order valence-corrected chi connectivity index (χ4v) is 2.81. The second-order valence-corrected chi connectivity index (χ2v) is 5.31. The summed E-state index contributed by atoms with van der Waals surface area (Å²) in [6.07, 6.45) is 1.50. The molecule has 0 saturated carbocycles. The molecule has 19 heavy (non-hydrogen) atoms. The topological polar surface area (TPSA) is 68.3 Å². The van der Waals surface area contributed by atoms with Gasteiger partial charge in [-0.15, -0.1) is 11.8 Å². The van der Waals surface area contributed by atoms with Gasteiger partial charge in [-0.1, -0.05) is 17.7 Å². The highest BCUT2D eigenvalue weighted by Crippen LogP contribution is 2.28. The van der Waals surface area contributed by atoms with Gasteiger partial charge in [0.15, 0.2) is 0 Å². The van der Waals surface area contributed by atoms with Crippen molar-refractivity contribution in [1.82, 2.24) is 5.43 Å². The first-order valence-electron chi connectivity index (χ1n) is 5.89. The molecule has 0 saturated heterocycles. The Kier molecular flexibility index (Phi) is 4.29. The fraction of sp³-hybridized carbons (Fsp3) is 0.214. The number of hydrogen-bond donors (Lipinski definition) is 2. The Balaban J connectivity index is 2.13. The van der Waals surface area contributed by atoms with E-state index in [1.54, 1.807) is 17.8 Å². The van der Waals surface area contributed by atoms with Crippen LogP contribution in [0.25, 0.3) is 0 Å². The van der Waals surface area contributed by atoms with Crippen LogP contribution in [0.5, 0.6) is 0 Å². The minimum Gasteiger partial charge on any atom is -0.468 e. The lowest BCUT2D eigenvalue weighted by Gasteiger charge is -2.06. The first-order chi connectivity index (χ1) is 9.11. The Labute approximate surface area is 116 Å². The van der Waals surface area contributed by atoms with E-state index >= 15 is 0 Å². The maximum Gasteiger partial charge on any atom is 0.268 e. The van der Waals surface area contributed by atoms with Crippen LogP contribution in [0.4, 0.5) is 0 Å². The number of hydrogen-bond acceptors (Lipinski definition) is 4. The summed E-state index contributed by atoms with van der Waals surface area (Å²) in [5, 5.41) is 0. The molecule has 0 aliphatic heterocycles. The average molecular weight is 276 g/mol. The molecule has 0 unspecified atom stereocenters. The molecule has 0 aliphatic rings. The number of carbonyl (C=O) groups is 1. The van der Waals surface area contributed by atoms with Crippen LogP contribution in [0.1, 0.15) is 27.2 Å². The quantitative estimate of drug-likeness (QED) is 0.390. The lowest BCUT2D eigenvalue weighted by atomic mass is 10.2. The Hall–Kier alpha value is -1.72. The lowest BCUT2D eigenvalue weighted by Crippen LogP contribution is -2.30. The van der Waals surface area contributed by atoms with Gasteiger partial charge in [0.2, 0.25) is 0 Å². The van der Waals surface area contributed by atoms with Crippen molar-refractivity contribution < 1.29 is 9.21 Å². The SMILES string of the molecule is Cc1ccc(C)c(SCc2occc2C(=O)NN)c1. The molecule has 100 valence electrons. The summed E-state index contributed by atoms with van der Waals surface area (Å²) in [6, 6.07) is 7.93. The van der Waals surface area contributed by atoms with E-state index in [1.807, 2.05) is 0 Å². The van der Waals surface area contributed by atoms with Crippen molar-refractivity contribution in [3.05, 3.63) is 53.0 Å². The number of nitrogens with one attached hydrogen (secondary N) is 1. The molecule has 1 aromatic heterocycles. The number of carbonyl (C=O) groups excluding carboxylic acids is 1. The fourth-order valence-electron chi connectivity index (χ4n) is 1.74. The number of thioether (sulfide) groups is 1. The monoisotopic (exact) mass is 276 g/mol. The smallest absolute Gasteiger partial charge is 0.268 e. The van der Waals surface area contributed by atoms with Crippen LogP contribution in [0.15, 0.2) is 39.8 Å². The van der Waals surface area contributed by atoms with Crippen LogP contribution in [-0.2, 0) is 5.75 Å². The van der Waals surface area contributed by atoms with Crippen LogP contribution < -0.4 is 11.3 Å². The third kappa shape index (κ3) is 3.19. The van der Waals surface area contributed by atoms with Crippen molar-refractivity contribution in [1.29, 1.82) is 0 Å². The highest BCUT2D eigenvalue weighted by atomic mass is 32.2. The van der Waals surface area contributed by atoms with E-state index < -0.39 is 0 Å². The summed E-state index contributed by atoms with van der Waals surface area (Å²) >= 11 is 1.65. The number of aryl methyl sites for hydroxylation is 2. The van der Waals surface area contributed by atoms with E-state index in [0.717, 1.165) is 0 Å². The minimum absolute atomic E-state index is 0.328. The van der Waals surface area contributed by atoms with Crippen molar-refractivity contribution in [3.63, 3.8) is 0 Å². The molecule has 5 heteroatoms. The maximum atomic E-state index is 11.5. The molecule has 0 atom stereocenters. The largest absolute Gasteiger partial charge is 0.468 e. The number of benzene rings is 1. The summed E-state index contributed by atoms with van der Waals surface area (Å²) in [4.78, 5) is 12.7. The number of nitrogens with two attached hydrogens (primary N) is 1. The molecule has 1 aromatic carbocycles. The number of hydrazine groups is 1. The van der Waals surface area contributed by atoms with Crippen molar-refractivity contribution in [2.24, 2.45) is 5.84 Å². The van der Waals surface area contributed by atoms with E-state index in [-0.39, 0.29) is 5.91 Å². The third-order valence-electron chi connectivity index (χ3n) is 2.82. The summed E-state index contributed by atoms with van der Waals surface area (Å²) in [7, 11) is 0. The maximum absolute atomic E-state index is 11.5. The van der Waals surface area contributed by atoms with Gasteiger partial charge in [0.1, 0.15) is 5.76 Å². The van der Waals surface area contributed by atoms with Gasteiger partial charge in [-0.05, 0) is 31.5 Å². The molecule has 2 rings (SSSR count). The molecular weight excluding hydrogens is 260 g/mol. The molecule has 1 amide bonds. The second kappa shape index (κ2) is 5.95. The van der Waals surface area contributed by atoms with Crippen molar-refractivity contribution in [2.45, 2.75) is 24.5 Å². The molecule has 2 aromatic rings. The van der Waals surface area contributed by atoms with E-state index in [1.165, 1.54) is 22.3 Å². The number of amides is 1. The number of rotatable bonds is 4. The third-order valence-corrected chi connectivity index (χ3v) is 3.98. The predicted octanol–water partition coefficient (Wildman–Crippen LogP) is 2.79. The van der Waals surface area contributed by atoms with Crippen LogP contribution in [0, 0.1) is 13.8 Å². The molecule has 0 fully saturated rings. The van der Waals surface area contributed by atoms with Gasteiger partial charge in [-0.25, -0.2) is 5.84 Å². The Bertz CT molecular complexity index is 593. The van der Waals surface area contributed by atoms with Crippen LogP contribution in [-0.4, -0.2) is 5.91 Å². The van der Waals surface area contributed by atoms with E-state index in [9.17, 15) is 4.79 Å². The highest BCUT2D eigenvalue weighted by Gasteiger charge is 2.14. The van der Waals surface area contributed by atoms with Gasteiger partial charge in [-0.2, -0.15) is 0 Å². The van der Waals surface area contributed by atoms with Crippen LogP contribution in [0.3, 0.4) is 0 Å². The van der Waals surface area contributed by atoms with Gasteiger partial charge in [0.25, 0.3) is 5.91 Å². The zero-order chi connectivity index (χ0) is 13.8. The zero-order valence-electron chi connectivity index (χ0n) is 10.9. The van der Waals surface area contributed by atoms with Crippen molar-refractivity contribution >= 4 is 17.7 Å². The molecule has 0 spiro atoms. The zero-order valence-corrected chi connectivity index (χ0v) is 11.7. The Morgan fingerprint density at radius 1 is 1.37 bits per heavy atom. The average Bonchev–Trinajstić information content (AvgIpc) is 2.87. The Morgan fingerprint density at radius 3 is 2.89 bits per heavy atom. The molecule has 4 nitrogen and oxygen atoms in total. The van der Waals surface area contributed by atoms with Crippen molar-refractivity contribution in [3.8, 4) is 0 Å². The molecule has 1 heterocycles. The first-order valence-corrected chi connectivity index (χ1v) is 6.87. The summed E-state index contributed by atoms with van der Waals surface area (Å²) < 4.78 is 5.34. The highest BCUT2D eigenvalue weighted by molar-refractivity contribution is 7.98. The van der Waals surface area contributed by atoms with Gasteiger partial charge >= 0.3 is 0 Å². The standard InChI is InChI=1S/C14H16N2O2S/c1-9-3-4-10(2)13(7-9)19-8-12-11(5-6-18-12)14(17)16-15/h3-7H,8,15H2,1-2H3,(H,16,17). The number of furan rings is 1. The normalized spacial score (nSPS) is 10.5. The van der Waals surface area contributed by atoms with E-state index in [4.69, 9.17) is 10.3 Å². The number of nitrogen functional groups attached to an aromatic ring is 1. The molecule has 0 radical (unpaired) electrons. The predicted molar refractivity (Wildman–Crippen MR) is 75.8 cm³/mol. The van der Waals surface area contributed by atoms with Crippen LogP contribution in [0.2, 0.25) is 0 Å². The Morgan fingerprint density at radius 2 is 2.16 bits per heavy atom. The van der Waals surface area contributed by atoms with Gasteiger partial charge in [0, 0.05) is 4.90 Å². The van der Waals surface area contributed by atoms with E-state index in [0.29, 0.717) is 17.1 Å². The van der Waals surface area contributed by atoms with Gasteiger partial charge < -0.3 is 4.42 Å². The molecule has 3 N–H and O–H groups in total. The molecular formula is C14H16N2O2S. The van der Waals surface area contributed by atoms with Gasteiger partial charge in [0.05, 0.1) is 17.6 Å². The summed E-state index contributed by atoms with van der Waals surface area (Å²) in [5.41, 5.74) is 5.03. The van der Waals surface area contributed by atoms with Gasteiger partial charge in [-0.3, -0.25) is 10.2 Å². The minimum atomic E-state index is -0.328. The molecule has 0 bridgehead atoms. The second-order valence-electron chi connectivity index (χ2n) is 4.29. The summed E-state index contributed by atoms with van der Waals surface area (Å²) in [6.45, 7) is 4.13. The lowest BCUT2D eigenvalue weighted by molar-refractivity contribution is 0.0952. The van der Waals surface area contributed by atoms with Crippen LogP contribution >= 0.6 is 11.8 Å². The molecule has 0 aliphatic carbocycles. The van der Waals surface area contributed by atoms with Crippen molar-refractivity contribution in [2.75, 3.05) is 0 Å². The summed E-state index contributed by atoms with van der Waals surface area (Å²) in [5.74, 6) is 6.04. The first kappa shape index (κ1) is 13.7.